The van der Waals surface area contributed by atoms with E-state index in [2.05, 4.69) is 5.32 Å². The van der Waals surface area contributed by atoms with E-state index in [-0.39, 0.29) is 5.56 Å². The highest BCUT2D eigenvalue weighted by atomic mass is 19.1. The fourth-order valence-electron chi connectivity index (χ4n) is 2.01. The monoisotopic (exact) mass is 278 g/mol. The van der Waals surface area contributed by atoms with Crippen LogP contribution in [-0.2, 0) is 4.79 Å². The number of rotatable bonds is 3. The molecule has 0 fully saturated rings. The maximum Gasteiger partial charge on any atom is 0.330 e. The number of carboxylic acid groups (broad SMARTS) is 1. The molecule has 0 aliphatic carbocycles. The van der Waals surface area contributed by atoms with Gasteiger partial charge in [0, 0.05) is 13.1 Å². The number of urea groups is 1. The number of carbonyl (C=O) groups is 2. The lowest BCUT2D eigenvalue weighted by molar-refractivity contribution is -0.139. The van der Waals surface area contributed by atoms with Crippen molar-refractivity contribution < 1.29 is 19.1 Å². The highest BCUT2D eigenvalue weighted by Gasteiger charge is 2.25. The summed E-state index contributed by atoms with van der Waals surface area (Å²) in [6.07, 6.45) is 4.55. The Balaban J connectivity index is 2.11. The van der Waals surface area contributed by atoms with Crippen molar-refractivity contribution in [3.63, 3.8) is 0 Å². The number of aliphatic carboxylic acids is 1. The maximum atomic E-state index is 13.2. The Morgan fingerprint density at radius 2 is 2.15 bits per heavy atom. The first-order valence-electron chi connectivity index (χ1n) is 6.26. The Morgan fingerprint density at radius 1 is 1.35 bits per heavy atom. The Kier molecular flexibility index (Phi) is 4.34. The molecule has 2 rings (SSSR count). The minimum absolute atomic E-state index is 0.207. The van der Waals surface area contributed by atoms with Crippen LogP contribution >= 0.6 is 0 Å². The van der Waals surface area contributed by atoms with Crippen LogP contribution in [0.4, 0.5) is 9.18 Å². The minimum Gasteiger partial charge on any atom is -0.479 e. The first-order chi connectivity index (χ1) is 9.58. The van der Waals surface area contributed by atoms with Crippen LogP contribution in [0.3, 0.4) is 0 Å². The molecule has 1 aliphatic heterocycles. The summed E-state index contributed by atoms with van der Waals surface area (Å²) in [5.41, 5.74) is 0.207. The van der Waals surface area contributed by atoms with Crippen molar-refractivity contribution in [3.8, 4) is 0 Å². The van der Waals surface area contributed by atoms with Gasteiger partial charge in [-0.2, -0.15) is 0 Å². The molecule has 1 aromatic rings. The molecular weight excluding hydrogens is 263 g/mol. The van der Waals surface area contributed by atoms with E-state index in [1.807, 2.05) is 12.2 Å². The Hall–Kier alpha value is -2.37. The molecule has 1 unspecified atom stereocenters. The summed E-state index contributed by atoms with van der Waals surface area (Å²) in [7, 11) is 0. The number of benzene rings is 1. The van der Waals surface area contributed by atoms with E-state index in [9.17, 15) is 19.1 Å². The molecule has 20 heavy (non-hydrogen) atoms. The summed E-state index contributed by atoms with van der Waals surface area (Å²) >= 11 is 0. The van der Waals surface area contributed by atoms with Crippen LogP contribution in [0.5, 0.6) is 0 Å². The summed E-state index contributed by atoms with van der Waals surface area (Å²) in [6.45, 7) is 0.985. The van der Waals surface area contributed by atoms with Crippen molar-refractivity contribution in [2.45, 2.75) is 12.5 Å². The summed E-state index contributed by atoms with van der Waals surface area (Å²) < 4.78 is 13.2. The van der Waals surface area contributed by atoms with Crippen LogP contribution in [0, 0.1) is 5.82 Å². The van der Waals surface area contributed by atoms with Crippen LogP contribution in [-0.4, -0.2) is 35.1 Å². The molecule has 106 valence electrons. The number of carboxylic acids is 1. The third kappa shape index (κ3) is 3.34. The summed E-state index contributed by atoms with van der Waals surface area (Å²) in [4.78, 5) is 24.8. The van der Waals surface area contributed by atoms with E-state index in [0.29, 0.717) is 13.1 Å². The molecule has 0 bridgehead atoms. The van der Waals surface area contributed by atoms with Crippen molar-refractivity contribution in [2.24, 2.45) is 0 Å². The first-order valence-corrected chi connectivity index (χ1v) is 6.26. The van der Waals surface area contributed by atoms with Crippen molar-refractivity contribution in [3.05, 3.63) is 47.8 Å². The molecule has 0 saturated carbocycles. The van der Waals surface area contributed by atoms with Crippen molar-refractivity contribution >= 4 is 12.0 Å². The van der Waals surface area contributed by atoms with Gasteiger partial charge >= 0.3 is 12.0 Å². The highest BCUT2D eigenvalue weighted by Crippen LogP contribution is 2.15. The van der Waals surface area contributed by atoms with Crippen molar-refractivity contribution in [2.75, 3.05) is 13.1 Å². The molecule has 5 nitrogen and oxygen atoms in total. The Morgan fingerprint density at radius 3 is 2.75 bits per heavy atom. The topological polar surface area (TPSA) is 69.6 Å². The lowest BCUT2D eigenvalue weighted by atomic mass is 10.1. The lowest BCUT2D eigenvalue weighted by Gasteiger charge is -2.25. The van der Waals surface area contributed by atoms with E-state index in [1.54, 1.807) is 0 Å². The zero-order valence-corrected chi connectivity index (χ0v) is 10.8. The SMILES string of the molecule is O=C(O)C(NC(=O)N1CC=CCC1)c1cccc(F)c1. The number of carbonyl (C=O) groups excluding carboxylic acids is 1. The molecule has 0 spiro atoms. The fraction of sp³-hybridized carbons (Fsp3) is 0.286. The van der Waals surface area contributed by atoms with Gasteiger partial charge in [-0.15, -0.1) is 0 Å². The van der Waals surface area contributed by atoms with Crippen LogP contribution in [0.15, 0.2) is 36.4 Å². The second-order valence-corrected chi connectivity index (χ2v) is 4.48. The average molecular weight is 278 g/mol. The molecule has 1 heterocycles. The summed E-state index contributed by atoms with van der Waals surface area (Å²) in [6, 6.07) is 3.49. The molecule has 6 heteroatoms. The maximum absolute atomic E-state index is 13.2. The normalized spacial score (nSPS) is 15.8. The molecule has 1 aliphatic rings. The number of nitrogens with zero attached hydrogens (tertiary/aromatic N) is 1. The zero-order chi connectivity index (χ0) is 14.5. The van der Waals surface area contributed by atoms with Gasteiger partial charge in [0.05, 0.1) is 0 Å². The van der Waals surface area contributed by atoms with Crippen LogP contribution in [0.1, 0.15) is 18.0 Å². The van der Waals surface area contributed by atoms with Gasteiger partial charge < -0.3 is 15.3 Å². The number of nitrogens with one attached hydrogen (secondary N) is 1. The molecular formula is C14H15FN2O3. The predicted octanol–water partition coefficient (Wildman–Crippen LogP) is 1.92. The van der Waals surface area contributed by atoms with Gasteiger partial charge in [0.15, 0.2) is 6.04 Å². The number of hydrogen-bond donors (Lipinski definition) is 2. The number of halogens is 1. The largest absolute Gasteiger partial charge is 0.479 e. The van der Waals surface area contributed by atoms with Crippen LogP contribution < -0.4 is 5.32 Å². The molecule has 1 atom stereocenters. The van der Waals surface area contributed by atoms with E-state index in [0.717, 1.165) is 12.5 Å². The smallest absolute Gasteiger partial charge is 0.330 e. The summed E-state index contributed by atoms with van der Waals surface area (Å²) in [5.74, 6) is -1.76. The van der Waals surface area contributed by atoms with Gasteiger partial charge in [0.1, 0.15) is 5.82 Å². The van der Waals surface area contributed by atoms with E-state index in [1.165, 1.54) is 23.1 Å². The predicted molar refractivity (Wildman–Crippen MR) is 70.6 cm³/mol. The molecule has 1 aromatic carbocycles. The lowest BCUT2D eigenvalue weighted by Crippen LogP contribution is -2.45. The highest BCUT2D eigenvalue weighted by molar-refractivity contribution is 5.83. The summed E-state index contributed by atoms with van der Waals surface area (Å²) in [5, 5.41) is 11.6. The van der Waals surface area contributed by atoms with E-state index >= 15 is 0 Å². The van der Waals surface area contributed by atoms with E-state index < -0.39 is 23.9 Å². The zero-order valence-electron chi connectivity index (χ0n) is 10.8. The number of hydrogen-bond acceptors (Lipinski definition) is 2. The van der Waals surface area contributed by atoms with Gasteiger partial charge in [-0.25, -0.2) is 14.0 Å². The van der Waals surface area contributed by atoms with Gasteiger partial charge in [-0.05, 0) is 24.1 Å². The van der Waals surface area contributed by atoms with Crippen LogP contribution in [0.2, 0.25) is 0 Å². The van der Waals surface area contributed by atoms with Gasteiger partial charge in [0.25, 0.3) is 0 Å². The second kappa shape index (κ2) is 6.18. The molecule has 0 aromatic heterocycles. The van der Waals surface area contributed by atoms with Gasteiger partial charge in [-0.1, -0.05) is 24.3 Å². The third-order valence-corrected chi connectivity index (χ3v) is 3.04. The first kappa shape index (κ1) is 14.0. The van der Waals surface area contributed by atoms with Crippen molar-refractivity contribution in [1.82, 2.24) is 10.2 Å². The second-order valence-electron chi connectivity index (χ2n) is 4.48. The number of amides is 2. The van der Waals surface area contributed by atoms with Gasteiger partial charge in [-0.3, -0.25) is 0 Å². The van der Waals surface area contributed by atoms with Gasteiger partial charge in [0.2, 0.25) is 0 Å². The third-order valence-electron chi connectivity index (χ3n) is 3.04. The quantitative estimate of drug-likeness (QED) is 0.830. The molecule has 0 saturated heterocycles. The van der Waals surface area contributed by atoms with E-state index in [4.69, 9.17) is 0 Å². The van der Waals surface area contributed by atoms with Crippen molar-refractivity contribution in [1.29, 1.82) is 0 Å². The average Bonchev–Trinajstić information content (AvgIpc) is 2.45. The Bertz CT molecular complexity index is 545. The standard InChI is InChI=1S/C14H15FN2O3/c15-11-6-4-5-10(9-11)12(13(18)19)16-14(20)17-7-2-1-3-8-17/h1-2,4-6,9,12H,3,7-8H2,(H,16,20)(H,18,19). The fourth-order valence-corrected chi connectivity index (χ4v) is 2.01. The molecule has 2 amide bonds. The molecule has 2 N–H and O–H groups in total. The van der Waals surface area contributed by atoms with Crippen LogP contribution in [0.25, 0.3) is 0 Å². The molecule has 0 radical (unpaired) electrons. The Labute approximate surface area is 115 Å². The minimum atomic E-state index is -1.26.